The molecule has 0 saturated heterocycles. The third-order valence-corrected chi connectivity index (χ3v) is 5.20. The van der Waals surface area contributed by atoms with Crippen LogP contribution in [0.2, 0.25) is 5.02 Å². The Morgan fingerprint density at radius 2 is 1.52 bits per heavy atom. The number of furan rings is 1. The Bertz CT molecular complexity index is 1490. The van der Waals surface area contributed by atoms with Crippen LogP contribution in [0.1, 0.15) is 0 Å². The van der Waals surface area contributed by atoms with Crippen LogP contribution in [0.4, 0.5) is 0 Å². The van der Waals surface area contributed by atoms with Gasteiger partial charge in [-0.15, -0.1) is 0 Å². The smallest absolute Gasteiger partial charge is 0.227 e. The molecule has 0 atom stereocenters. The summed E-state index contributed by atoms with van der Waals surface area (Å²) >= 11 is 6.08. The van der Waals surface area contributed by atoms with Crippen molar-refractivity contribution < 1.29 is 8.83 Å². The molecule has 3 nitrogen and oxygen atoms in total. The summed E-state index contributed by atoms with van der Waals surface area (Å²) in [7, 11) is 0. The predicted octanol–water partition coefficient (Wildman–Crippen LogP) is 7.20. The zero-order valence-corrected chi connectivity index (χ0v) is 14.8. The molecule has 0 bridgehead atoms. The van der Waals surface area contributed by atoms with Crippen molar-refractivity contribution in [3.8, 4) is 11.5 Å². The molecule has 0 aliphatic heterocycles. The average Bonchev–Trinajstić information content (AvgIpc) is 3.25. The van der Waals surface area contributed by atoms with E-state index in [1.807, 2.05) is 54.6 Å². The lowest BCUT2D eigenvalue weighted by Gasteiger charge is -2.01. The van der Waals surface area contributed by atoms with Crippen molar-refractivity contribution in [2.24, 2.45) is 0 Å². The van der Waals surface area contributed by atoms with Gasteiger partial charge in [0.15, 0.2) is 5.58 Å². The number of oxazole rings is 1. The maximum Gasteiger partial charge on any atom is 0.227 e. The van der Waals surface area contributed by atoms with Crippen LogP contribution < -0.4 is 0 Å². The van der Waals surface area contributed by atoms with Crippen LogP contribution in [0.5, 0.6) is 0 Å². The molecule has 128 valence electrons. The predicted molar refractivity (Wildman–Crippen MR) is 109 cm³/mol. The molecular weight excluding hydrogens is 358 g/mol. The van der Waals surface area contributed by atoms with Crippen LogP contribution in [0, 0.1) is 0 Å². The van der Waals surface area contributed by atoms with Gasteiger partial charge in [-0.05, 0) is 35.0 Å². The van der Waals surface area contributed by atoms with Gasteiger partial charge in [-0.3, -0.25) is 0 Å². The molecule has 2 aromatic heterocycles. The molecule has 0 N–H and O–H groups in total. The zero-order valence-electron chi connectivity index (χ0n) is 14.1. The summed E-state index contributed by atoms with van der Waals surface area (Å²) in [5.74, 6) is 0.613. The first-order valence-corrected chi connectivity index (χ1v) is 9.04. The van der Waals surface area contributed by atoms with E-state index >= 15 is 0 Å². The van der Waals surface area contributed by atoms with Crippen molar-refractivity contribution >= 4 is 55.4 Å². The second-order valence-corrected chi connectivity index (χ2v) is 7.04. The van der Waals surface area contributed by atoms with Crippen LogP contribution in [0.25, 0.3) is 55.3 Å². The fourth-order valence-electron chi connectivity index (χ4n) is 3.70. The van der Waals surface area contributed by atoms with E-state index < -0.39 is 0 Å². The van der Waals surface area contributed by atoms with Crippen molar-refractivity contribution in [2.45, 2.75) is 0 Å². The number of nitrogens with zero attached hydrogens (tertiary/aromatic N) is 1. The topological polar surface area (TPSA) is 39.2 Å². The molecule has 6 rings (SSSR count). The zero-order chi connectivity index (χ0) is 18.0. The third kappa shape index (κ3) is 2.19. The molecule has 0 amide bonds. The number of rotatable bonds is 1. The first-order chi connectivity index (χ1) is 13.3. The molecule has 0 aliphatic rings. The summed E-state index contributed by atoms with van der Waals surface area (Å²) in [4.78, 5) is 4.72. The van der Waals surface area contributed by atoms with E-state index in [9.17, 15) is 0 Å². The number of halogens is 1. The Labute approximate surface area is 158 Å². The quantitative estimate of drug-likeness (QED) is 0.307. The lowest BCUT2D eigenvalue weighted by Crippen LogP contribution is -1.80. The minimum atomic E-state index is 0.613. The number of benzene rings is 4. The summed E-state index contributed by atoms with van der Waals surface area (Å²) < 4.78 is 12.1. The highest BCUT2D eigenvalue weighted by Gasteiger charge is 2.15. The number of aromatic nitrogens is 1. The van der Waals surface area contributed by atoms with Crippen molar-refractivity contribution in [2.75, 3.05) is 0 Å². The van der Waals surface area contributed by atoms with Crippen molar-refractivity contribution in [1.82, 2.24) is 4.98 Å². The van der Waals surface area contributed by atoms with Gasteiger partial charge in [-0.2, -0.15) is 0 Å². The number of hydrogen-bond acceptors (Lipinski definition) is 3. The third-order valence-electron chi connectivity index (χ3n) is 4.96. The molecular formula is C23H12ClNO2. The van der Waals surface area contributed by atoms with Gasteiger partial charge in [0.25, 0.3) is 0 Å². The van der Waals surface area contributed by atoms with E-state index in [0.717, 1.165) is 49.4 Å². The van der Waals surface area contributed by atoms with Gasteiger partial charge in [0, 0.05) is 33.5 Å². The lowest BCUT2D eigenvalue weighted by molar-refractivity contribution is 0.621. The second kappa shape index (κ2) is 5.35. The molecule has 4 heteroatoms. The highest BCUT2D eigenvalue weighted by molar-refractivity contribution is 6.31. The second-order valence-electron chi connectivity index (χ2n) is 6.60. The highest BCUT2D eigenvalue weighted by atomic mass is 35.5. The molecule has 27 heavy (non-hydrogen) atoms. The van der Waals surface area contributed by atoms with E-state index in [0.29, 0.717) is 10.9 Å². The Morgan fingerprint density at radius 3 is 2.48 bits per heavy atom. The molecule has 6 aromatic rings. The summed E-state index contributed by atoms with van der Waals surface area (Å²) in [6.45, 7) is 0. The molecule has 0 radical (unpaired) electrons. The van der Waals surface area contributed by atoms with Gasteiger partial charge in [0.2, 0.25) is 5.89 Å². The van der Waals surface area contributed by atoms with E-state index in [4.69, 9.17) is 25.4 Å². The first-order valence-electron chi connectivity index (χ1n) is 8.67. The molecule has 0 unspecified atom stereocenters. The summed E-state index contributed by atoms with van der Waals surface area (Å²) in [5.41, 5.74) is 4.04. The Hall–Kier alpha value is -3.30. The van der Waals surface area contributed by atoms with Crippen LogP contribution in [0.15, 0.2) is 81.6 Å². The normalized spacial score (nSPS) is 11.9. The van der Waals surface area contributed by atoms with Crippen molar-refractivity contribution in [3.63, 3.8) is 0 Å². The fraction of sp³-hybridized carbons (Fsp3) is 0. The Morgan fingerprint density at radius 1 is 0.667 bits per heavy atom. The maximum atomic E-state index is 6.13. The summed E-state index contributed by atoms with van der Waals surface area (Å²) in [6.07, 6.45) is 0. The largest absolute Gasteiger partial charge is 0.456 e. The molecule has 0 saturated carbocycles. The molecule has 2 heterocycles. The van der Waals surface area contributed by atoms with Crippen LogP contribution in [0.3, 0.4) is 0 Å². The van der Waals surface area contributed by atoms with Gasteiger partial charge >= 0.3 is 0 Å². The molecule has 0 aliphatic carbocycles. The summed E-state index contributed by atoms with van der Waals surface area (Å²) in [6, 6.07) is 24.0. The monoisotopic (exact) mass is 369 g/mol. The molecule has 4 aromatic carbocycles. The van der Waals surface area contributed by atoms with Gasteiger partial charge in [-0.25, -0.2) is 4.98 Å². The minimum absolute atomic E-state index is 0.613. The van der Waals surface area contributed by atoms with Crippen LogP contribution in [-0.2, 0) is 0 Å². The van der Waals surface area contributed by atoms with Gasteiger partial charge in [0.05, 0.1) is 0 Å². The van der Waals surface area contributed by atoms with E-state index in [1.54, 1.807) is 0 Å². The van der Waals surface area contributed by atoms with Crippen LogP contribution in [-0.4, -0.2) is 4.98 Å². The molecule has 0 fully saturated rings. The van der Waals surface area contributed by atoms with Crippen LogP contribution >= 0.6 is 11.6 Å². The van der Waals surface area contributed by atoms with E-state index in [-0.39, 0.29) is 0 Å². The first kappa shape index (κ1) is 14.8. The lowest BCUT2D eigenvalue weighted by atomic mass is 10.0. The number of hydrogen-bond donors (Lipinski definition) is 0. The Kier molecular flexibility index (Phi) is 2.94. The number of fused-ring (bicyclic) bond motifs is 5. The summed E-state index contributed by atoms with van der Waals surface area (Å²) in [5, 5.41) is 4.94. The van der Waals surface area contributed by atoms with Crippen molar-refractivity contribution in [1.29, 1.82) is 0 Å². The highest BCUT2D eigenvalue weighted by Crippen LogP contribution is 2.36. The van der Waals surface area contributed by atoms with E-state index in [2.05, 4.69) is 18.2 Å². The van der Waals surface area contributed by atoms with Gasteiger partial charge < -0.3 is 8.83 Å². The van der Waals surface area contributed by atoms with E-state index in [1.165, 1.54) is 0 Å². The Balaban J connectivity index is 1.62. The maximum absolute atomic E-state index is 6.13. The fourth-order valence-corrected chi connectivity index (χ4v) is 3.86. The standard InChI is InChI=1S/C23H12ClNO2/c24-14-8-9-16-18-11-22-19(12-21(18)26-20(16)10-14)25-23(27-22)17-7-3-5-13-4-1-2-6-15(13)17/h1-12H. The van der Waals surface area contributed by atoms with Crippen molar-refractivity contribution in [3.05, 3.63) is 77.8 Å². The minimum Gasteiger partial charge on any atom is -0.456 e. The van der Waals surface area contributed by atoms with Gasteiger partial charge in [0.1, 0.15) is 16.7 Å². The van der Waals surface area contributed by atoms with Gasteiger partial charge in [-0.1, -0.05) is 48.0 Å². The average molecular weight is 370 g/mol. The SMILES string of the molecule is Clc1ccc2c(c1)oc1cc3nc(-c4cccc5ccccc45)oc3cc12. The molecule has 0 spiro atoms.